The Kier molecular flexibility index (Phi) is 6.26. The van der Waals surface area contributed by atoms with Crippen molar-refractivity contribution in [2.24, 2.45) is 4.99 Å². The van der Waals surface area contributed by atoms with E-state index in [1.807, 2.05) is 11.8 Å². The second-order valence-electron chi connectivity index (χ2n) is 8.20. The number of thioether (sulfide) groups is 1. The van der Waals surface area contributed by atoms with Crippen LogP contribution in [-0.4, -0.2) is 10.8 Å². The van der Waals surface area contributed by atoms with Crippen LogP contribution in [0, 0.1) is 13.8 Å². The molecule has 3 heteroatoms. The Morgan fingerprint density at radius 2 is 1.28 bits per heavy atom. The van der Waals surface area contributed by atoms with Gasteiger partial charge < -0.3 is 0 Å². The van der Waals surface area contributed by atoms with Gasteiger partial charge >= 0.3 is 0 Å². The summed E-state index contributed by atoms with van der Waals surface area (Å²) in [6.45, 7) is 4.33. The number of rotatable bonds is 5. The molecule has 0 amide bonds. The van der Waals surface area contributed by atoms with Crippen molar-refractivity contribution in [1.29, 1.82) is 0 Å². The third kappa shape index (κ3) is 4.44. The zero-order valence-corrected chi connectivity index (χ0v) is 20.1. The fraction of sp³-hybridized carbons (Fsp3) is 0.138. The number of benzene rings is 4. The third-order valence-electron chi connectivity index (χ3n) is 5.69. The first-order valence-electron chi connectivity index (χ1n) is 11.0. The molecule has 1 heterocycles. The fourth-order valence-electron chi connectivity index (χ4n) is 4.34. The first-order valence-corrected chi connectivity index (χ1v) is 13.3. The minimum atomic E-state index is -0.640. The van der Waals surface area contributed by atoms with E-state index in [0.29, 0.717) is 0 Å². The van der Waals surface area contributed by atoms with Crippen molar-refractivity contribution in [3.05, 3.63) is 125 Å². The van der Waals surface area contributed by atoms with E-state index >= 15 is 0 Å². The van der Waals surface area contributed by atoms with Gasteiger partial charge in [0.25, 0.3) is 0 Å². The number of hydrogen-bond acceptors (Lipinski definition) is 2. The maximum Gasteiger partial charge on any atom is 0.0985 e. The van der Waals surface area contributed by atoms with E-state index in [9.17, 15) is 0 Å². The summed E-state index contributed by atoms with van der Waals surface area (Å²) in [5.41, 5.74) is 5.20. The van der Waals surface area contributed by atoms with E-state index in [4.69, 9.17) is 4.99 Å². The molecule has 5 rings (SSSR count). The Morgan fingerprint density at radius 3 is 1.91 bits per heavy atom. The zero-order chi connectivity index (χ0) is 21.9. The number of aliphatic imine (C=N–C) groups is 1. The van der Waals surface area contributed by atoms with Crippen molar-refractivity contribution in [3.8, 4) is 0 Å². The Bertz CT molecular complexity index is 1190. The lowest BCUT2D eigenvalue weighted by molar-refractivity contribution is 0.856. The SMILES string of the molecule is Cc1cc(C)cc(C2=N[C@@H](c3ccccc3P(c3ccccc3)c3ccccc3)CS2)c1. The van der Waals surface area contributed by atoms with Gasteiger partial charge in [0.1, 0.15) is 0 Å². The van der Waals surface area contributed by atoms with Crippen molar-refractivity contribution in [2.75, 3.05) is 5.75 Å². The molecule has 0 aromatic heterocycles. The van der Waals surface area contributed by atoms with Crippen LogP contribution in [0.2, 0.25) is 0 Å². The molecular formula is C29H26NPS. The Hall–Kier alpha value is -2.67. The van der Waals surface area contributed by atoms with Gasteiger partial charge in [-0.05, 0) is 55.4 Å². The molecule has 0 fully saturated rings. The summed E-state index contributed by atoms with van der Waals surface area (Å²) in [6, 6.07) is 37.7. The predicted octanol–water partition coefficient (Wildman–Crippen LogP) is 6.30. The number of hydrogen-bond donors (Lipinski definition) is 0. The van der Waals surface area contributed by atoms with Crippen LogP contribution in [0.15, 0.2) is 108 Å². The molecule has 1 nitrogen and oxygen atoms in total. The van der Waals surface area contributed by atoms with Gasteiger partial charge in [-0.15, -0.1) is 11.8 Å². The highest BCUT2D eigenvalue weighted by Crippen LogP contribution is 2.39. The Balaban J connectivity index is 1.58. The quantitative estimate of drug-likeness (QED) is 0.325. The lowest BCUT2D eigenvalue weighted by Crippen LogP contribution is -2.24. The van der Waals surface area contributed by atoms with Crippen molar-refractivity contribution in [1.82, 2.24) is 0 Å². The maximum absolute atomic E-state index is 5.23. The average molecular weight is 452 g/mol. The molecule has 0 unspecified atom stereocenters. The van der Waals surface area contributed by atoms with Crippen LogP contribution in [0.1, 0.15) is 28.3 Å². The van der Waals surface area contributed by atoms with Crippen LogP contribution in [0.5, 0.6) is 0 Å². The van der Waals surface area contributed by atoms with Crippen molar-refractivity contribution < 1.29 is 0 Å². The summed E-state index contributed by atoms with van der Waals surface area (Å²) >= 11 is 1.89. The lowest BCUT2D eigenvalue weighted by atomic mass is 10.1. The molecule has 1 aliphatic heterocycles. The summed E-state index contributed by atoms with van der Waals surface area (Å²) < 4.78 is 0. The largest absolute Gasteiger partial charge is 0.269 e. The normalized spacial score (nSPS) is 15.7. The van der Waals surface area contributed by atoms with E-state index in [2.05, 4.69) is 117 Å². The summed E-state index contributed by atoms with van der Waals surface area (Å²) in [6.07, 6.45) is 0. The Labute approximate surface area is 196 Å². The summed E-state index contributed by atoms with van der Waals surface area (Å²) in [5.74, 6) is 0.992. The van der Waals surface area contributed by atoms with Crippen LogP contribution in [0.4, 0.5) is 0 Å². The third-order valence-corrected chi connectivity index (χ3v) is 9.30. The highest BCUT2D eigenvalue weighted by molar-refractivity contribution is 8.14. The van der Waals surface area contributed by atoms with Crippen molar-refractivity contribution in [2.45, 2.75) is 19.9 Å². The van der Waals surface area contributed by atoms with Crippen LogP contribution < -0.4 is 15.9 Å². The van der Waals surface area contributed by atoms with E-state index in [0.717, 1.165) is 5.75 Å². The van der Waals surface area contributed by atoms with Gasteiger partial charge in [0, 0.05) is 11.3 Å². The highest BCUT2D eigenvalue weighted by atomic mass is 32.2. The van der Waals surface area contributed by atoms with E-state index < -0.39 is 7.92 Å². The van der Waals surface area contributed by atoms with Gasteiger partial charge in [-0.3, -0.25) is 4.99 Å². The zero-order valence-electron chi connectivity index (χ0n) is 18.4. The highest BCUT2D eigenvalue weighted by Gasteiger charge is 2.27. The molecule has 0 aliphatic carbocycles. The summed E-state index contributed by atoms with van der Waals surface area (Å²) in [5, 5.41) is 5.34. The van der Waals surface area contributed by atoms with Gasteiger partial charge in [-0.1, -0.05) is 102 Å². The smallest absolute Gasteiger partial charge is 0.0985 e. The van der Waals surface area contributed by atoms with Crippen LogP contribution in [0.25, 0.3) is 0 Å². The van der Waals surface area contributed by atoms with E-state index in [-0.39, 0.29) is 6.04 Å². The van der Waals surface area contributed by atoms with Crippen molar-refractivity contribution in [3.63, 3.8) is 0 Å². The minimum absolute atomic E-state index is 0.185. The molecule has 0 spiro atoms. The molecule has 32 heavy (non-hydrogen) atoms. The van der Waals surface area contributed by atoms with Gasteiger partial charge in [0.05, 0.1) is 11.1 Å². The standard InChI is InChI=1S/C29H26NPS/c1-21-17-22(2)19-23(18-21)29-30-27(20-32-29)26-15-9-10-16-28(26)31(24-11-5-3-6-12-24)25-13-7-4-8-14-25/h3-19,27H,20H2,1-2H3/t27-/m1/s1. The van der Waals surface area contributed by atoms with Crippen LogP contribution >= 0.6 is 19.7 Å². The van der Waals surface area contributed by atoms with Crippen molar-refractivity contribution >= 4 is 40.6 Å². The van der Waals surface area contributed by atoms with Gasteiger partial charge in [-0.25, -0.2) is 0 Å². The van der Waals surface area contributed by atoms with Crippen LogP contribution in [0.3, 0.4) is 0 Å². The second-order valence-corrected chi connectivity index (χ2v) is 11.4. The maximum atomic E-state index is 5.23. The molecule has 0 saturated carbocycles. The molecule has 0 N–H and O–H groups in total. The Morgan fingerprint density at radius 1 is 0.719 bits per heavy atom. The molecule has 0 bridgehead atoms. The lowest BCUT2D eigenvalue weighted by Gasteiger charge is -2.23. The topological polar surface area (TPSA) is 12.4 Å². The van der Waals surface area contributed by atoms with E-state index in [1.54, 1.807) is 0 Å². The molecule has 4 aromatic carbocycles. The molecule has 0 radical (unpaired) electrons. The van der Waals surface area contributed by atoms with Gasteiger partial charge in [-0.2, -0.15) is 0 Å². The van der Waals surface area contributed by atoms with E-state index in [1.165, 1.54) is 43.2 Å². The van der Waals surface area contributed by atoms with Gasteiger partial charge in [0.2, 0.25) is 0 Å². The number of nitrogens with zero attached hydrogens (tertiary/aromatic N) is 1. The molecule has 158 valence electrons. The number of aryl methyl sites for hydroxylation is 2. The fourth-order valence-corrected chi connectivity index (χ4v) is 7.91. The summed E-state index contributed by atoms with van der Waals surface area (Å²) in [4.78, 5) is 5.23. The monoisotopic (exact) mass is 451 g/mol. The molecule has 1 atom stereocenters. The molecule has 4 aromatic rings. The first kappa shape index (κ1) is 21.2. The average Bonchev–Trinajstić information content (AvgIpc) is 3.31. The molecule has 0 saturated heterocycles. The second kappa shape index (κ2) is 9.45. The molecular weight excluding hydrogens is 425 g/mol. The van der Waals surface area contributed by atoms with Gasteiger partial charge in [0.15, 0.2) is 0 Å². The summed E-state index contributed by atoms with van der Waals surface area (Å²) in [7, 11) is -0.640. The first-order chi connectivity index (χ1) is 15.7. The molecule has 1 aliphatic rings. The van der Waals surface area contributed by atoms with Crippen LogP contribution in [-0.2, 0) is 0 Å². The predicted molar refractivity (Wildman–Crippen MR) is 143 cm³/mol. The minimum Gasteiger partial charge on any atom is -0.269 e.